The van der Waals surface area contributed by atoms with Crippen molar-refractivity contribution in [1.29, 1.82) is 0 Å². The van der Waals surface area contributed by atoms with Crippen molar-refractivity contribution in [1.82, 2.24) is 0 Å². The molecule has 1 atom stereocenters. The van der Waals surface area contributed by atoms with Crippen LogP contribution in [0.3, 0.4) is 0 Å². The van der Waals surface area contributed by atoms with Gasteiger partial charge in [0.05, 0.1) is 6.61 Å². The van der Waals surface area contributed by atoms with Crippen molar-refractivity contribution in [2.24, 2.45) is 11.7 Å². The van der Waals surface area contributed by atoms with E-state index in [-0.39, 0.29) is 11.7 Å². The molecule has 2 nitrogen and oxygen atoms in total. The number of hydrogen-bond donors (Lipinski definition) is 1. The van der Waals surface area contributed by atoms with Crippen molar-refractivity contribution < 1.29 is 9.13 Å². The Hall–Kier alpha value is -1.09. The van der Waals surface area contributed by atoms with E-state index < -0.39 is 0 Å². The fourth-order valence-electron chi connectivity index (χ4n) is 2.31. The Labute approximate surface area is 108 Å². The van der Waals surface area contributed by atoms with E-state index in [0.29, 0.717) is 12.5 Å². The maximum atomic E-state index is 13.3. The Morgan fingerprint density at radius 2 is 2.22 bits per heavy atom. The fourth-order valence-corrected chi connectivity index (χ4v) is 2.31. The van der Waals surface area contributed by atoms with E-state index in [9.17, 15) is 4.39 Å². The Morgan fingerprint density at radius 3 is 2.83 bits per heavy atom. The Morgan fingerprint density at radius 1 is 1.44 bits per heavy atom. The van der Waals surface area contributed by atoms with Gasteiger partial charge in [-0.05, 0) is 61.4 Å². The Bertz CT molecular complexity index is 390. The van der Waals surface area contributed by atoms with Crippen molar-refractivity contribution in [3.05, 3.63) is 29.6 Å². The van der Waals surface area contributed by atoms with E-state index in [4.69, 9.17) is 10.5 Å². The lowest BCUT2D eigenvalue weighted by molar-refractivity contribution is 0.179. The molecule has 1 aliphatic rings. The first-order chi connectivity index (χ1) is 8.70. The Kier molecular flexibility index (Phi) is 4.59. The van der Waals surface area contributed by atoms with Crippen LogP contribution in [0.15, 0.2) is 18.2 Å². The highest BCUT2D eigenvalue weighted by molar-refractivity contribution is 5.36. The van der Waals surface area contributed by atoms with Crippen LogP contribution in [0, 0.1) is 11.7 Å². The molecule has 0 amide bonds. The van der Waals surface area contributed by atoms with Crippen LogP contribution >= 0.6 is 0 Å². The smallest absolute Gasteiger partial charge is 0.123 e. The number of rotatable bonds is 6. The highest BCUT2D eigenvalue weighted by atomic mass is 19.1. The second kappa shape index (κ2) is 6.19. The molecule has 1 unspecified atom stereocenters. The molecule has 0 aromatic heterocycles. The summed E-state index contributed by atoms with van der Waals surface area (Å²) in [7, 11) is 0. The molecule has 0 spiro atoms. The second-order valence-corrected chi connectivity index (χ2v) is 5.27. The average Bonchev–Trinajstić information content (AvgIpc) is 2.29. The maximum Gasteiger partial charge on any atom is 0.123 e. The van der Waals surface area contributed by atoms with Gasteiger partial charge in [-0.25, -0.2) is 4.39 Å². The lowest BCUT2D eigenvalue weighted by Crippen LogP contribution is -2.20. The van der Waals surface area contributed by atoms with Gasteiger partial charge in [0.25, 0.3) is 0 Å². The van der Waals surface area contributed by atoms with Crippen molar-refractivity contribution >= 4 is 0 Å². The van der Waals surface area contributed by atoms with Gasteiger partial charge in [-0.2, -0.15) is 0 Å². The summed E-state index contributed by atoms with van der Waals surface area (Å²) in [5.74, 6) is 1.55. The van der Waals surface area contributed by atoms with Crippen molar-refractivity contribution in [2.45, 2.75) is 38.5 Å². The number of ether oxygens (including phenoxy) is 1. The number of nitrogens with two attached hydrogens (primary N) is 1. The van der Waals surface area contributed by atoms with Gasteiger partial charge in [0.15, 0.2) is 0 Å². The van der Waals surface area contributed by atoms with Crippen LogP contribution in [0.4, 0.5) is 4.39 Å². The number of benzene rings is 1. The van der Waals surface area contributed by atoms with E-state index in [1.165, 1.54) is 25.3 Å². The first-order valence-electron chi connectivity index (χ1n) is 6.83. The Balaban J connectivity index is 2.06. The summed E-state index contributed by atoms with van der Waals surface area (Å²) >= 11 is 0. The van der Waals surface area contributed by atoms with Crippen molar-refractivity contribution in [2.75, 3.05) is 13.2 Å². The van der Waals surface area contributed by atoms with Crippen LogP contribution in [-0.2, 0) is 0 Å². The van der Waals surface area contributed by atoms with E-state index >= 15 is 0 Å². The van der Waals surface area contributed by atoms with E-state index in [0.717, 1.165) is 24.3 Å². The SMILES string of the molecule is CC(CCN)c1cc(F)ccc1OCC1CCC1. The molecule has 2 rings (SSSR count). The molecule has 18 heavy (non-hydrogen) atoms. The molecule has 100 valence electrons. The van der Waals surface area contributed by atoms with Gasteiger partial charge in [-0.15, -0.1) is 0 Å². The van der Waals surface area contributed by atoms with Crippen LogP contribution in [0.25, 0.3) is 0 Å². The molecule has 1 aromatic rings. The zero-order valence-corrected chi connectivity index (χ0v) is 11.0. The van der Waals surface area contributed by atoms with Gasteiger partial charge in [0.1, 0.15) is 11.6 Å². The van der Waals surface area contributed by atoms with Crippen LogP contribution in [-0.4, -0.2) is 13.2 Å². The van der Waals surface area contributed by atoms with E-state index in [1.807, 2.05) is 0 Å². The molecule has 1 fully saturated rings. The molecule has 1 aromatic carbocycles. The fraction of sp³-hybridized carbons (Fsp3) is 0.600. The molecule has 0 aliphatic heterocycles. The van der Waals surface area contributed by atoms with Gasteiger partial charge >= 0.3 is 0 Å². The van der Waals surface area contributed by atoms with Crippen LogP contribution in [0.5, 0.6) is 5.75 Å². The molecule has 0 heterocycles. The maximum absolute atomic E-state index is 13.3. The number of hydrogen-bond acceptors (Lipinski definition) is 2. The predicted molar refractivity (Wildman–Crippen MR) is 71.3 cm³/mol. The monoisotopic (exact) mass is 251 g/mol. The molecule has 0 bridgehead atoms. The minimum atomic E-state index is -0.204. The van der Waals surface area contributed by atoms with E-state index in [2.05, 4.69) is 6.92 Å². The standard InChI is InChI=1S/C15H22FNO/c1-11(7-8-17)14-9-13(16)5-6-15(14)18-10-12-3-2-4-12/h5-6,9,11-12H,2-4,7-8,10,17H2,1H3. The van der Waals surface area contributed by atoms with Gasteiger partial charge in [0.2, 0.25) is 0 Å². The summed E-state index contributed by atoms with van der Waals surface area (Å²) < 4.78 is 19.2. The second-order valence-electron chi connectivity index (χ2n) is 5.27. The molecular formula is C15H22FNO. The topological polar surface area (TPSA) is 35.2 Å². The molecule has 1 aliphatic carbocycles. The summed E-state index contributed by atoms with van der Waals surface area (Å²) in [5.41, 5.74) is 6.52. The lowest BCUT2D eigenvalue weighted by Gasteiger charge is -2.26. The summed E-state index contributed by atoms with van der Waals surface area (Å²) in [6, 6.07) is 4.79. The van der Waals surface area contributed by atoms with Crippen molar-refractivity contribution in [3.63, 3.8) is 0 Å². The molecular weight excluding hydrogens is 229 g/mol. The predicted octanol–water partition coefficient (Wildman–Crippen LogP) is 3.46. The zero-order valence-electron chi connectivity index (χ0n) is 11.0. The number of halogens is 1. The minimum Gasteiger partial charge on any atom is -0.493 e. The van der Waals surface area contributed by atoms with Gasteiger partial charge < -0.3 is 10.5 Å². The normalized spacial score (nSPS) is 17.3. The average molecular weight is 251 g/mol. The summed E-state index contributed by atoms with van der Waals surface area (Å²) in [6.07, 6.45) is 4.68. The van der Waals surface area contributed by atoms with Crippen molar-refractivity contribution in [3.8, 4) is 5.75 Å². The molecule has 1 saturated carbocycles. The van der Waals surface area contributed by atoms with Gasteiger partial charge in [0, 0.05) is 0 Å². The minimum absolute atomic E-state index is 0.204. The molecule has 2 N–H and O–H groups in total. The summed E-state index contributed by atoms with van der Waals surface area (Å²) in [4.78, 5) is 0. The third-order valence-electron chi connectivity index (χ3n) is 3.80. The third kappa shape index (κ3) is 3.22. The largest absolute Gasteiger partial charge is 0.493 e. The van der Waals surface area contributed by atoms with Crippen LogP contribution < -0.4 is 10.5 Å². The molecule has 0 radical (unpaired) electrons. The van der Waals surface area contributed by atoms with Gasteiger partial charge in [-0.1, -0.05) is 13.3 Å². The first-order valence-corrected chi connectivity index (χ1v) is 6.83. The van der Waals surface area contributed by atoms with E-state index in [1.54, 1.807) is 12.1 Å². The third-order valence-corrected chi connectivity index (χ3v) is 3.80. The zero-order chi connectivity index (χ0) is 13.0. The van der Waals surface area contributed by atoms with Crippen LogP contribution in [0.1, 0.15) is 44.1 Å². The lowest BCUT2D eigenvalue weighted by atomic mass is 9.86. The quantitative estimate of drug-likeness (QED) is 0.840. The highest BCUT2D eigenvalue weighted by Gasteiger charge is 2.19. The molecule has 0 saturated heterocycles. The summed E-state index contributed by atoms with van der Waals surface area (Å²) in [5, 5.41) is 0. The summed E-state index contributed by atoms with van der Waals surface area (Å²) in [6.45, 7) is 3.44. The highest BCUT2D eigenvalue weighted by Crippen LogP contribution is 2.32. The first kappa shape index (κ1) is 13.3. The van der Waals surface area contributed by atoms with Gasteiger partial charge in [-0.3, -0.25) is 0 Å². The molecule has 3 heteroatoms. The van der Waals surface area contributed by atoms with Crippen LogP contribution in [0.2, 0.25) is 0 Å².